The number of nitrogens with one attached hydrogen (secondary N) is 2. The van der Waals surface area contributed by atoms with E-state index in [4.69, 9.17) is 0 Å². The molecular weight excluding hydrogens is 388 g/mol. The molecule has 1 saturated carbocycles. The summed E-state index contributed by atoms with van der Waals surface area (Å²) in [5, 5.41) is 6.05. The zero-order valence-electron chi connectivity index (χ0n) is 18.2. The third-order valence-corrected chi connectivity index (χ3v) is 6.23. The topological polar surface area (TPSA) is 64.7 Å². The summed E-state index contributed by atoms with van der Waals surface area (Å²) in [6.07, 6.45) is 3.02. The number of amides is 3. The van der Waals surface area contributed by atoms with E-state index < -0.39 is 0 Å². The molecule has 3 amide bonds. The van der Waals surface area contributed by atoms with Crippen LogP contribution in [0.1, 0.15) is 37.7 Å². The van der Waals surface area contributed by atoms with Crippen molar-refractivity contribution in [3.8, 4) is 0 Å². The lowest BCUT2D eigenvalue weighted by Gasteiger charge is -2.36. The molecule has 2 aromatic rings. The third-order valence-electron chi connectivity index (χ3n) is 6.23. The zero-order chi connectivity index (χ0) is 21.6. The second-order valence-electron chi connectivity index (χ2n) is 8.46. The van der Waals surface area contributed by atoms with Crippen molar-refractivity contribution in [1.82, 2.24) is 10.2 Å². The lowest BCUT2D eigenvalue weighted by molar-refractivity contribution is -0.117. The van der Waals surface area contributed by atoms with Gasteiger partial charge in [-0.2, -0.15) is 0 Å². The second kappa shape index (κ2) is 9.86. The quantitative estimate of drug-likeness (QED) is 0.664. The van der Waals surface area contributed by atoms with Gasteiger partial charge in [0, 0.05) is 50.0 Å². The number of hydrogen-bond acceptors (Lipinski definition) is 3. The van der Waals surface area contributed by atoms with Crippen LogP contribution < -0.4 is 15.5 Å². The lowest BCUT2D eigenvalue weighted by atomic mass is 10.1. The number of carbonyl (C=O) groups is 2. The molecule has 1 heterocycles. The summed E-state index contributed by atoms with van der Waals surface area (Å²) in [6, 6.07) is 18.3. The molecule has 6 nitrogen and oxygen atoms in total. The third kappa shape index (κ3) is 5.37. The fourth-order valence-electron chi connectivity index (χ4n) is 4.20. The highest BCUT2D eigenvalue weighted by atomic mass is 16.2. The number of carbonyl (C=O) groups excluding carboxylic acids is 2. The highest BCUT2D eigenvalue weighted by molar-refractivity contribution is 5.95. The van der Waals surface area contributed by atoms with Gasteiger partial charge in [0.05, 0.1) is 0 Å². The Morgan fingerprint density at radius 2 is 1.68 bits per heavy atom. The summed E-state index contributed by atoms with van der Waals surface area (Å²) < 4.78 is 0. The minimum atomic E-state index is 0.0417. The van der Waals surface area contributed by atoms with E-state index >= 15 is 0 Å². The van der Waals surface area contributed by atoms with Crippen LogP contribution in [0.4, 0.5) is 16.2 Å². The van der Waals surface area contributed by atoms with Crippen LogP contribution in [-0.2, 0) is 4.79 Å². The van der Waals surface area contributed by atoms with Crippen molar-refractivity contribution in [3.05, 3.63) is 60.2 Å². The summed E-state index contributed by atoms with van der Waals surface area (Å²) in [4.78, 5) is 28.9. The minimum absolute atomic E-state index is 0.0417. The molecule has 2 atom stereocenters. The first kappa shape index (κ1) is 21.2. The van der Waals surface area contributed by atoms with Gasteiger partial charge in [-0.15, -0.1) is 0 Å². The van der Waals surface area contributed by atoms with Gasteiger partial charge >= 0.3 is 6.03 Å². The Hall–Kier alpha value is -3.02. The molecule has 0 bridgehead atoms. The number of nitrogens with zero attached hydrogens (tertiary/aromatic N) is 2. The van der Waals surface area contributed by atoms with Gasteiger partial charge in [0.1, 0.15) is 0 Å². The van der Waals surface area contributed by atoms with Gasteiger partial charge in [-0.25, -0.2) is 4.79 Å². The molecule has 2 N–H and O–H groups in total. The van der Waals surface area contributed by atoms with Gasteiger partial charge in [-0.05, 0) is 48.6 Å². The maximum atomic E-state index is 12.6. The normalized spacial score (nSPS) is 20.3. The summed E-state index contributed by atoms with van der Waals surface area (Å²) in [7, 11) is 0. The summed E-state index contributed by atoms with van der Waals surface area (Å²) in [6.45, 7) is 5.93. The van der Waals surface area contributed by atoms with Crippen LogP contribution in [0.3, 0.4) is 0 Å². The molecule has 2 aromatic carbocycles. The largest absolute Gasteiger partial charge is 0.368 e. The smallest absolute Gasteiger partial charge is 0.317 e. The van der Waals surface area contributed by atoms with E-state index in [1.807, 2.05) is 47.4 Å². The average Bonchev–Trinajstić information content (AvgIpc) is 3.62. The maximum Gasteiger partial charge on any atom is 0.317 e. The highest BCUT2D eigenvalue weighted by Crippen LogP contribution is 2.47. The SMILES string of the molecule is CCCCNC(=O)N1CCN(c2ccc(NC(=O)[C@H]3C[C@H]3c3ccccc3)cc2)CC1. The summed E-state index contributed by atoms with van der Waals surface area (Å²) in [5.74, 6) is 0.513. The van der Waals surface area contributed by atoms with Crippen molar-refractivity contribution < 1.29 is 9.59 Å². The Labute approximate surface area is 184 Å². The van der Waals surface area contributed by atoms with Crippen molar-refractivity contribution >= 4 is 23.3 Å². The molecule has 0 unspecified atom stereocenters. The van der Waals surface area contributed by atoms with E-state index in [0.717, 1.165) is 63.4 Å². The number of anilines is 2. The van der Waals surface area contributed by atoms with E-state index in [9.17, 15) is 9.59 Å². The van der Waals surface area contributed by atoms with Gasteiger partial charge in [-0.3, -0.25) is 4.79 Å². The van der Waals surface area contributed by atoms with Gasteiger partial charge in [0.2, 0.25) is 5.91 Å². The van der Waals surface area contributed by atoms with Crippen molar-refractivity contribution in [2.24, 2.45) is 5.92 Å². The van der Waals surface area contributed by atoms with Gasteiger partial charge in [0.15, 0.2) is 0 Å². The molecule has 0 spiro atoms. The molecule has 4 rings (SSSR count). The Morgan fingerprint density at radius 3 is 2.35 bits per heavy atom. The lowest BCUT2D eigenvalue weighted by Crippen LogP contribution is -2.52. The molecule has 6 heteroatoms. The maximum absolute atomic E-state index is 12.6. The Morgan fingerprint density at radius 1 is 0.968 bits per heavy atom. The molecule has 1 aliphatic heterocycles. The Bertz CT molecular complexity index is 876. The number of unbranched alkanes of at least 4 members (excludes halogenated alkanes) is 1. The Kier molecular flexibility index (Phi) is 6.75. The van der Waals surface area contributed by atoms with Crippen molar-refractivity contribution in [1.29, 1.82) is 0 Å². The van der Waals surface area contributed by atoms with Gasteiger partial charge in [0.25, 0.3) is 0 Å². The average molecular weight is 421 g/mol. The minimum Gasteiger partial charge on any atom is -0.368 e. The van der Waals surface area contributed by atoms with Gasteiger partial charge in [-0.1, -0.05) is 43.7 Å². The van der Waals surface area contributed by atoms with E-state index in [1.54, 1.807) is 0 Å². The van der Waals surface area contributed by atoms with Gasteiger partial charge < -0.3 is 20.4 Å². The molecule has 31 heavy (non-hydrogen) atoms. The molecule has 2 aliphatic rings. The first-order valence-electron chi connectivity index (χ1n) is 11.4. The number of benzene rings is 2. The summed E-state index contributed by atoms with van der Waals surface area (Å²) in [5.41, 5.74) is 3.20. The van der Waals surface area contributed by atoms with E-state index in [0.29, 0.717) is 5.92 Å². The van der Waals surface area contributed by atoms with Crippen LogP contribution in [0.5, 0.6) is 0 Å². The van der Waals surface area contributed by atoms with E-state index in [-0.39, 0.29) is 17.9 Å². The highest BCUT2D eigenvalue weighted by Gasteiger charge is 2.43. The number of hydrogen-bond donors (Lipinski definition) is 2. The fraction of sp³-hybridized carbons (Fsp3) is 0.440. The first-order valence-corrected chi connectivity index (χ1v) is 11.4. The first-order chi connectivity index (χ1) is 15.2. The molecular formula is C25H32N4O2. The molecule has 2 fully saturated rings. The standard InChI is InChI=1S/C25H32N4O2/c1-2-3-13-26-25(31)29-16-14-28(15-17-29)21-11-9-20(10-12-21)27-24(30)23-18-22(23)19-7-5-4-6-8-19/h4-12,22-23H,2-3,13-18H2,1H3,(H,26,31)(H,27,30)/t22-,23-/m0/s1. The molecule has 1 aliphatic carbocycles. The monoisotopic (exact) mass is 420 g/mol. The van der Waals surface area contributed by atoms with E-state index in [2.05, 4.69) is 34.6 Å². The zero-order valence-corrected chi connectivity index (χ0v) is 18.2. The summed E-state index contributed by atoms with van der Waals surface area (Å²) >= 11 is 0. The van der Waals surface area contributed by atoms with Crippen LogP contribution in [-0.4, -0.2) is 49.6 Å². The number of rotatable bonds is 7. The Balaban J connectivity index is 1.24. The molecule has 0 radical (unpaired) electrons. The fourth-order valence-corrected chi connectivity index (χ4v) is 4.20. The van der Waals surface area contributed by atoms with Crippen molar-refractivity contribution in [3.63, 3.8) is 0 Å². The van der Waals surface area contributed by atoms with Crippen LogP contribution in [0, 0.1) is 5.92 Å². The molecule has 164 valence electrons. The number of urea groups is 1. The second-order valence-corrected chi connectivity index (χ2v) is 8.46. The molecule has 1 saturated heterocycles. The van der Waals surface area contributed by atoms with Crippen molar-refractivity contribution in [2.45, 2.75) is 32.1 Å². The van der Waals surface area contributed by atoms with Crippen LogP contribution in [0.2, 0.25) is 0 Å². The van der Waals surface area contributed by atoms with Crippen molar-refractivity contribution in [2.75, 3.05) is 42.9 Å². The predicted molar refractivity (Wildman–Crippen MR) is 124 cm³/mol. The van der Waals surface area contributed by atoms with Crippen LogP contribution in [0.25, 0.3) is 0 Å². The van der Waals surface area contributed by atoms with E-state index in [1.165, 1.54) is 5.56 Å². The predicted octanol–water partition coefficient (Wildman–Crippen LogP) is 4.06. The molecule has 0 aromatic heterocycles. The van der Waals surface area contributed by atoms with Crippen LogP contribution in [0.15, 0.2) is 54.6 Å². The number of piperazine rings is 1. The van der Waals surface area contributed by atoms with Crippen LogP contribution >= 0.6 is 0 Å².